The molecule has 0 amide bonds. The van der Waals surface area contributed by atoms with Crippen LogP contribution < -0.4 is 5.63 Å². The molecule has 5 heteroatoms. The number of aromatic nitrogens is 2. The van der Waals surface area contributed by atoms with Gasteiger partial charge in [0.2, 0.25) is 0 Å². The fraction of sp³-hybridized carbons (Fsp3) is 0.150. The zero-order chi connectivity index (χ0) is 17.4. The number of benzene rings is 2. The zero-order valence-corrected chi connectivity index (χ0v) is 14.8. The van der Waals surface area contributed by atoms with Gasteiger partial charge in [-0.1, -0.05) is 30.3 Å². The molecule has 0 fully saturated rings. The topological polar surface area (TPSA) is 56.0 Å². The van der Waals surface area contributed by atoms with Crippen LogP contribution in [-0.2, 0) is 5.75 Å². The fourth-order valence-electron chi connectivity index (χ4n) is 2.87. The van der Waals surface area contributed by atoms with E-state index in [9.17, 15) is 4.79 Å². The molecule has 2 aromatic carbocycles. The van der Waals surface area contributed by atoms with Crippen LogP contribution >= 0.6 is 11.8 Å². The quantitative estimate of drug-likeness (QED) is 0.306. The molecule has 2 heterocycles. The summed E-state index contributed by atoms with van der Waals surface area (Å²) in [4.78, 5) is 21.0. The summed E-state index contributed by atoms with van der Waals surface area (Å²) in [5, 5.41) is 2.92. The monoisotopic (exact) mass is 348 g/mol. The smallest absolute Gasteiger partial charge is 0.336 e. The van der Waals surface area contributed by atoms with Crippen LogP contribution in [0.15, 0.2) is 62.8 Å². The molecule has 124 valence electrons. The molecule has 4 rings (SSSR count). The van der Waals surface area contributed by atoms with Gasteiger partial charge in [0.15, 0.2) is 0 Å². The van der Waals surface area contributed by atoms with Gasteiger partial charge in [0.1, 0.15) is 16.4 Å². The molecular weight excluding hydrogens is 332 g/mol. The lowest BCUT2D eigenvalue weighted by molar-refractivity contribution is 0.559. The summed E-state index contributed by atoms with van der Waals surface area (Å²) >= 11 is 1.61. The summed E-state index contributed by atoms with van der Waals surface area (Å²) < 4.78 is 5.33. The van der Waals surface area contributed by atoms with E-state index in [0.717, 1.165) is 38.3 Å². The van der Waals surface area contributed by atoms with Crippen molar-refractivity contribution in [3.05, 3.63) is 75.9 Å². The van der Waals surface area contributed by atoms with Crippen molar-refractivity contribution in [1.82, 2.24) is 9.97 Å². The molecule has 0 atom stereocenters. The molecule has 0 radical (unpaired) electrons. The summed E-state index contributed by atoms with van der Waals surface area (Å²) in [5.41, 5.74) is 3.27. The van der Waals surface area contributed by atoms with Crippen LogP contribution in [0.4, 0.5) is 0 Å². The first-order chi connectivity index (χ1) is 12.1. The number of hydrogen-bond acceptors (Lipinski definition) is 5. The third kappa shape index (κ3) is 3.15. The van der Waals surface area contributed by atoms with Gasteiger partial charge in [0.05, 0.1) is 5.52 Å². The van der Waals surface area contributed by atoms with Gasteiger partial charge in [-0.15, -0.1) is 11.8 Å². The Balaban J connectivity index is 1.75. The van der Waals surface area contributed by atoms with E-state index in [1.165, 1.54) is 0 Å². The van der Waals surface area contributed by atoms with Gasteiger partial charge in [-0.3, -0.25) is 0 Å². The molecule has 2 aromatic heterocycles. The Labute approximate surface area is 148 Å². The molecule has 4 aromatic rings. The van der Waals surface area contributed by atoms with Gasteiger partial charge in [0, 0.05) is 22.6 Å². The van der Waals surface area contributed by atoms with E-state index in [1.54, 1.807) is 17.8 Å². The molecule has 0 bridgehead atoms. The Bertz CT molecular complexity index is 1150. The summed E-state index contributed by atoms with van der Waals surface area (Å²) in [6.45, 7) is 3.88. The van der Waals surface area contributed by atoms with Crippen molar-refractivity contribution in [3.8, 4) is 0 Å². The summed E-state index contributed by atoms with van der Waals surface area (Å²) in [6, 6.07) is 15.5. The minimum absolute atomic E-state index is 0.322. The molecule has 0 aliphatic carbocycles. The predicted octanol–water partition coefficient (Wildman–Crippen LogP) is 4.65. The molecule has 0 saturated heterocycles. The predicted molar refractivity (Wildman–Crippen MR) is 101 cm³/mol. The van der Waals surface area contributed by atoms with Crippen molar-refractivity contribution < 1.29 is 4.42 Å². The lowest BCUT2D eigenvalue weighted by Gasteiger charge is -2.08. The van der Waals surface area contributed by atoms with Crippen molar-refractivity contribution in [3.63, 3.8) is 0 Å². The second kappa shape index (κ2) is 6.33. The minimum Gasteiger partial charge on any atom is -0.423 e. The molecule has 0 spiro atoms. The molecule has 4 nitrogen and oxygen atoms in total. The van der Waals surface area contributed by atoms with E-state index < -0.39 is 0 Å². The van der Waals surface area contributed by atoms with Crippen LogP contribution in [-0.4, -0.2) is 9.97 Å². The van der Waals surface area contributed by atoms with Gasteiger partial charge in [-0.05, 0) is 37.1 Å². The lowest BCUT2D eigenvalue weighted by atomic mass is 10.1. The summed E-state index contributed by atoms with van der Waals surface area (Å²) in [7, 11) is 0. The van der Waals surface area contributed by atoms with E-state index in [-0.39, 0.29) is 5.63 Å². The number of rotatable bonds is 3. The van der Waals surface area contributed by atoms with Crippen molar-refractivity contribution in [1.29, 1.82) is 0 Å². The highest BCUT2D eigenvalue weighted by Crippen LogP contribution is 2.30. The number of fused-ring (bicyclic) bond motifs is 2. The number of hydrogen-bond donors (Lipinski definition) is 0. The highest BCUT2D eigenvalue weighted by molar-refractivity contribution is 7.98. The fourth-order valence-corrected chi connectivity index (χ4v) is 3.93. The van der Waals surface area contributed by atoms with Crippen LogP contribution in [0.25, 0.3) is 21.9 Å². The second-order valence-corrected chi connectivity index (χ2v) is 6.94. The van der Waals surface area contributed by atoms with Crippen molar-refractivity contribution in [2.45, 2.75) is 24.6 Å². The molecule has 0 saturated carbocycles. The zero-order valence-electron chi connectivity index (χ0n) is 13.9. The largest absolute Gasteiger partial charge is 0.423 e. The second-order valence-electron chi connectivity index (χ2n) is 5.97. The third-order valence-electron chi connectivity index (χ3n) is 4.03. The SMILES string of the molecule is Cc1ccc2c(CSc3nc(C)nc4ccccc34)cc(=O)oc2c1. The maximum Gasteiger partial charge on any atom is 0.336 e. The lowest BCUT2D eigenvalue weighted by Crippen LogP contribution is -2.00. The number of nitrogens with zero attached hydrogens (tertiary/aromatic N) is 2. The Kier molecular flexibility index (Phi) is 4.01. The highest BCUT2D eigenvalue weighted by atomic mass is 32.2. The van der Waals surface area contributed by atoms with Crippen LogP contribution in [0.1, 0.15) is 17.0 Å². The Hall–Kier alpha value is -2.66. The molecule has 0 aliphatic rings. The molecule has 0 unspecified atom stereocenters. The first-order valence-electron chi connectivity index (χ1n) is 8.00. The van der Waals surface area contributed by atoms with E-state index in [2.05, 4.69) is 9.97 Å². The maximum absolute atomic E-state index is 11.9. The minimum atomic E-state index is -0.322. The first-order valence-corrected chi connectivity index (χ1v) is 8.98. The summed E-state index contributed by atoms with van der Waals surface area (Å²) in [6.07, 6.45) is 0. The van der Waals surface area contributed by atoms with Crippen LogP contribution in [0.5, 0.6) is 0 Å². The van der Waals surface area contributed by atoms with Crippen LogP contribution in [0, 0.1) is 13.8 Å². The Morgan fingerprint density at radius 3 is 2.72 bits per heavy atom. The molecule has 0 N–H and O–H groups in total. The maximum atomic E-state index is 11.9. The Morgan fingerprint density at radius 1 is 1.00 bits per heavy atom. The van der Waals surface area contributed by atoms with Gasteiger partial charge in [0.25, 0.3) is 0 Å². The number of thioether (sulfide) groups is 1. The normalized spacial score (nSPS) is 11.3. The summed E-state index contributed by atoms with van der Waals surface area (Å²) in [5.74, 6) is 1.39. The molecule has 0 aliphatic heterocycles. The van der Waals surface area contributed by atoms with Crippen molar-refractivity contribution in [2.75, 3.05) is 0 Å². The van der Waals surface area contributed by atoms with Gasteiger partial charge in [-0.25, -0.2) is 14.8 Å². The van der Waals surface area contributed by atoms with Crippen LogP contribution in [0.3, 0.4) is 0 Å². The van der Waals surface area contributed by atoms with Crippen molar-refractivity contribution >= 4 is 33.6 Å². The number of para-hydroxylation sites is 1. The highest BCUT2D eigenvalue weighted by Gasteiger charge is 2.10. The van der Waals surface area contributed by atoms with E-state index in [4.69, 9.17) is 4.42 Å². The van der Waals surface area contributed by atoms with Crippen LogP contribution in [0.2, 0.25) is 0 Å². The first kappa shape index (κ1) is 15.8. The van der Waals surface area contributed by atoms with Gasteiger partial charge < -0.3 is 4.42 Å². The van der Waals surface area contributed by atoms with E-state index in [0.29, 0.717) is 11.3 Å². The van der Waals surface area contributed by atoms with Gasteiger partial charge in [-0.2, -0.15) is 0 Å². The molecular formula is C20H16N2O2S. The van der Waals surface area contributed by atoms with E-state index in [1.807, 2.05) is 56.3 Å². The van der Waals surface area contributed by atoms with Gasteiger partial charge >= 0.3 is 5.63 Å². The third-order valence-corrected chi connectivity index (χ3v) is 5.07. The average molecular weight is 348 g/mol. The molecule has 25 heavy (non-hydrogen) atoms. The number of aryl methyl sites for hydroxylation is 2. The van der Waals surface area contributed by atoms with E-state index >= 15 is 0 Å². The average Bonchev–Trinajstić information content (AvgIpc) is 2.58. The standard InChI is InChI=1S/C20H16N2O2S/c1-12-7-8-15-14(10-19(23)24-18(15)9-12)11-25-20-16-5-3-4-6-17(16)21-13(2)22-20/h3-10H,11H2,1-2H3. The van der Waals surface area contributed by atoms with Crippen molar-refractivity contribution in [2.24, 2.45) is 0 Å². The Morgan fingerprint density at radius 2 is 1.84 bits per heavy atom.